The first-order chi connectivity index (χ1) is 14.1. The lowest BCUT2D eigenvalue weighted by atomic mass is 10.1. The topological polar surface area (TPSA) is 55.8 Å². The zero-order chi connectivity index (χ0) is 22.7. The summed E-state index contributed by atoms with van der Waals surface area (Å²) in [7, 11) is -0.366. The van der Waals surface area contributed by atoms with Gasteiger partial charge in [-0.2, -0.15) is 0 Å². The van der Waals surface area contributed by atoms with Crippen LogP contribution in [0.5, 0.6) is 11.5 Å². The third kappa shape index (κ3) is 9.53. The third-order valence-corrected chi connectivity index (χ3v) is 5.91. The van der Waals surface area contributed by atoms with Gasteiger partial charge in [0.15, 0.2) is 0 Å². The molecule has 0 aromatic heterocycles. The Balaban J connectivity index is 2.83. The summed E-state index contributed by atoms with van der Waals surface area (Å²) in [6.45, 7) is 8.71. The van der Waals surface area contributed by atoms with Crippen LogP contribution in [0, 0.1) is 0 Å². The molecule has 5 nitrogen and oxygen atoms in total. The highest BCUT2D eigenvalue weighted by Crippen LogP contribution is 2.29. The van der Waals surface area contributed by atoms with Gasteiger partial charge in [0.05, 0.1) is 32.7 Å². The minimum atomic E-state index is -3.45. The van der Waals surface area contributed by atoms with Gasteiger partial charge in [0.25, 0.3) is 0 Å². The van der Waals surface area contributed by atoms with Crippen LogP contribution < -0.4 is 13.8 Å². The normalized spacial score (nSPS) is 12.5. The Morgan fingerprint density at radius 2 is 1.37 bits per heavy atom. The second-order valence-corrected chi connectivity index (χ2v) is 9.73. The molecule has 168 valence electrons. The lowest BCUT2D eigenvalue weighted by molar-refractivity contribution is 0.394. The molecule has 0 bridgehead atoms. The number of methoxy groups -OCH3 is 2. The third-order valence-electron chi connectivity index (χ3n) is 4.75. The van der Waals surface area contributed by atoms with Crippen molar-refractivity contribution >= 4 is 15.7 Å². The maximum atomic E-state index is 12.4. The number of ether oxygens (including phenoxy) is 2. The molecule has 0 radical (unpaired) electrons. The van der Waals surface area contributed by atoms with Gasteiger partial charge in [-0.05, 0) is 53.4 Å². The molecule has 0 saturated heterocycles. The highest BCUT2D eigenvalue weighted by atomic mass is 32.2. The molecule has 0 saturated carbocycles. The van der Waals surface area contributed by atoms with Gasteiger partial charge < -0.3 is 9.47 Å². The Hall–Kier alpha value is -2.21. The molecule has 1 rings (SSSR count). The van der Waals surface area contributed by atoms with E-state index in [9.17, 15) is 8.42 Å². The molecule has 0 heterocycles. The maximum absolute atomic E-state index is 12.4. The fourth-order valence-corrected chi connectivity index (χ4v) is 3.78. The Bertz CT molecular complexity index is 856. The first-order valence-electron chi connectivity index (χ1n) is 10.2. The van der Waals surface area contributed by atoms with Crippen molar-refractivity contribution in [2.24, 2.45) is 0 Å². The summed E-state index contributed by atoms with van der Waals surface area (Å²) in [6.07, 6.45) is 11.7. The molecule has 0 fully saturated rings. The Morgan fingerprint density at radius 1 is 0.867 bits per heavy atom. The van der Waals surface area contributed by atoms with E-state index in [4.69, 9.17) is 9.47 Å². The van der Waals surface area contributed by atoms with E-state index < -0.39 is 10.0 Å². The zero-order valence-electron chi connectivity index (χ0n) is 19.5. The lowest BCUT2D eigenvalue weighted by Crippen LogP contribution is -2.30. The molecule has 0 aliphatic heterocycles. The van der Waals surface area contributed by atoms with E-state index in [1.54, 1.807) is 32.4 Å². The fraction of sp³-hybridized carbons (Fsp3) is 0.500. The van der Waals surface area contributed by atoms with Crippen LogP contribution in [-0.2, 0) is 10.0 Å². The number of benzene rings is 1. The SMILES string of the molecule is COc1cc(OC)cc(N(C/C=C(\C)CC/C=C(\C)CCC=C(C)C)S(C)(=O)=O)c1. The van der Waals surface area contributed by atoms with E-state index in [1.165, 1.54) is 21.7 Å². The van der Waals surface area contributed by atoms with Gasteiger partial charge in [-0.3, -0.25) is 4.31 Å². The summed E-state index contributed by atoms with van der Waals surface area (Å²) in [5.41, 5.74) is 4.42. The Morgan fingerprint density at radius 3 is 1.83 bits per heavy atom. The van der Waals surface area contributed by atoms with E-state index in [2.05, 4.69) is 32.9 Å². The zero-order valence-corrected chi connectivity index (χ0v) is 20.3. The lowest BCUT2D eigenvalue weighted by Gasteiger charge is -2.22. The predicted octanol–water partition coefficient (Wildman–Crippen LogP) is 5.89. The van der Waals surface area contributed by atoms with Crippen LogP contribution in [0.3, 0.4) is 0 Å². The molecule has 0 aliphatic rings. The largest absolute Gasteiger partial charge is 0.497 e. The van der Waals surface area contributed by atoms with E-state index in [1.807, 2.05) is 13.0 Å². The summed E-state index contributed by atoms with van der Waals surface area (Å²) in [5, 5.41) is 0. The number of hydrogen-bond donors (Lipinski definition) is 0. The minimum Gasteiger partial charge on any atom is -0.497 e. The van der Waals surface area contributed by atoms with E-state index in [0.717, 1.165) is 31.3 Å². The van der Waals surface area contributed by atoms with Crippen LogP contribution in [0.4, 0.5) is 5.69 Å². The van der Waals surface area contributed by atoms with Crippen LogP contribution in [0.2, 0.25) is 0 Å². The molecular formula is C24H37NO4S. The van der Waals surface area contributed by atoms with Gasteiger partial charge in [0.1, 0.15) is 11.5 Å². The summed E-state index contributed by atoms with van der Waals surface area (Å²) < 4.78 is 36.7. The number of anilines is 1. The first-order valence-corrected chi connectivity index (χ1v) is 12.1. The molecule has 0 atom stereocenters. The number of nitrogens with zero attached hydrogens (tertiary/aromatic N) is 1. The van der Waals surface area contributed by atoms with Crippen molar-refractivity contribution in [3.63, 3.8) is 0 Å². The fourth-order valence-electron chi connectivity index (χ4n) is 2.95. The van der Waals surface area contributed by atoms with Crippen LogP contribution in [-0.4, -0.2) is 35.4 Å². The van der Waals surface area contributed by atoms with Crippen molar-refractivity contribution in [3.05, 3.63) is 53.1 Å². The monoisotopic (exact) mass is 435 g/mol. The molecule has 0 aliphatic carbocycles. The van der Waals surface area contributed by atoms with Crippen molar-refractivity contribution in [2.75, 3.05) is 31.3 Å². The van der Waals surface area contributed by atoms with E-state index in [0.29, 0.717) is 17.2 Å². The van der Waals surface area contributed by atoms with E-state index in [-0.39, 0.29) is 6.54 Å². The number of rotatable bonds is 12. The van der Waals surface area contributed by atoms with Gasteiger partial charge in [0.2, 0.25) is 10.0 Å². The summed E-state index contributed by atoms with van der Waals surface area (Å²) >= 11 is 0. The van der Waals surface area contributed by atoms with Crippen molar-refractivity contribution in [3.8, 4) is 11.5 Å². The Kier molecular flexibility index (Phi) is 10.7. The number of hydrogen-bond acceptors (Lipinski definition) is 4. The van der Waals surface area contributed by atoms with Gasteiger partial charge in [-0.25, -0.2) is 8.42 Å². The van der Waals surface area contributed by atoms with Gasteiger partial charge in [-0.1, -0.05) is 34.9 Å². The van der Waals surface area contributed by atoms with Crippen LogP contribution in [0.1, 0.15) is 53.4 Å². The van der Waals surface area contributed by atoms with Crippen LogP contribution >= 0.6 is 0 Å². The van der Waals surface area contributed by atoms with Crippen molar-refractivity contribution in [1.82, 2.24) is 0 Å². The summed E-state index contributed by atoms with van der Waals surface area (Å²) in [5.74, 6) is 1.10. The van der Waals surface area contributed by atoms with Gasteiger partial charge in [-0.15, -0.1) is 0 Å². The molecule has 0 unspecified atom stereocenters. The van der Waals surface area contributed by atoms with Crippen molar-refractivity contribution in [1.29, 1.82) is 0 Å². The molecule has 0 N–H and O–H groups in total. The number of allylic oxidation sites excluding steroid dienone is 5. The second-order valence-electron chi connectivity index (χ2n) is 7.82. The van der Waals surface area contributed by atoms with Crippen molar-refractivity contribution in [2.45, 2.75) is 53.4 Å². The predicted molar refractivity (Wildman–Crippen MR) is 127 cm³/mol. The molecule has 1 aromatic rings. The molecule has 1 aromatic carbocycles. The average molecular weight is 436 g/mol. The first kappa shape index (κ1) is 25.8. The average Bonchev–Trinajstić information content (AvgIpc) is 2.66. The molecular weight excluding hydrogens is 398 g/mol. The van der Waals surface area contributed by atoms with Crippen LogP contribution in [0.15, 0.2) is 53.1 Å². The highest BCUT2D eigenvalue weighted by molar-refractivity contribution is 7.92. The van der Waals surface area contributed by atoms with Crippen molar-refractivity contribution < 1.29 is 17.9 Å². The molecule has 0 amide bonds. The smallest absolute Gasteiger partial charge is 0.232 e. The second kappa shape index (κ2) is 12.5. The standard InChI is InChI=1S/C24H37NO4S/c1-19(2)10-8-11-20(3)12-9-13-21(4)14-15-25(30(7,26)27)22-16-23(28-5)18-24(17-22)29-6/h10,12,14,16-18H,8-9,11,13,15H2,1-7H3/b20-12+,21-14+. The molecule has 30 heavy (non-hydrogen) atoms. The number of sulfonamides is 1. The van der Waals surface area contributed by atoms with E-state index >= 15 is 0 Å². The van der Waals surface area contributed by atoms with Gasteiger partial charge >= 0.3 is 0 Å². The van der Waals surface area contributed by atoms with Crippen LogP contribution in [0.25, 0.3) is 0 Å². The minimum absolute atomic E-state index is 0.268. The maximum Gasteiger partial charge on any atom is 0.232 e. The quantitative estimate of drug-likeness (QED) is 0.384. The van der Waals surface area contributed by atoms with Gasteiger partial charge in [0, 0.05) is 18.2 Å². The molecule has 0 spiro atoms. The Labute approximate surface area is 183 Å². The highest BCUT2D eigenvalue weighted by Gasteiger charge is 2.18. The summed E-state index contributed by atoms with van der Waals surface area (Å²) in [6, 6.07) is 5.12. The molecule has 6 heteroatoms. The summed E-state index contributed by atoms with van der Waals surface area (Å²) in [4.78, 5) is 0.